The van der Waals surface area contributed by atoms with Crippen LogP contribution in [-0.4, -0.2) is 16.1 Å². The summed E-state index contributed by atoms with van der Waals surface area (Å²) in [6, 6.07) is 0. The molecule has 1 aromatic rings. The van der Waals surface area contributed by atoms with Gasteiger partial charge in [-0.15, -0.1) is 0 Å². The maximum absolute atomic E-state index is 4.45. The van der Waals surface area contributed by atoms with Gasteiger partial charge in [0.05, 0.1) is 5.69 Å². The molecule has 0 radical (unpaired) electrons. The predicted molar refractivity (Wildman–Crippen MR) is 65.2 cm³/mol. The molecular weight excluding hydrogens is 186 g/mol. The van der Waals surface area contributed by atoms with Gasteiger partial charge >= 0.3 is 0 Å². The SMILES string of the molecule is CCNc1nc(C)cn1CCC(C)(C)C. The Labute approximate surface area is 92.9 Å². The van der Waals surface area contributed by atoms with Crippen molar-refractivity contribution in [2.24, 2.45) is 5.41 Å². The summed E-state index contributed by atoms with van der Waals surface area (Å²) in [5, 5.41) is 3.29. The number of nitrogens with zero attached hydrogens (tertiary/aromatic N) is 2. The first kappa shape index (κ1) is 12.1. The average Bonchev–Trinajstić information content (AvgIpc) is 2.42. The van der Waals surface area contributed by atoms with Crippen LogP contribution in [0.1, 0.15) is 39.8 Å². The molecule has 0 spiro atoms. The molecule has 86 valence electrons. The Hall–Kier alpha value is -0.990. The summed E-state index contributed by atoms with van der Waals surface area (Å²) in [6.07, 6.45) is 3.28. The zero-order valence-electron chi connectivity index (χ0n) is 10.6. The van der Waals surface area contributed by atoms with Crippen molar-refractivity contribution in [1.29, 1.82) is 0 Å². The van der Waals surface area contributed by atoms with Crippen LogP contribution in [0.3, 0.4) is 0 Å². The van der Waals surface area contributed by atoms with E-state index in [1.54, 1.807) is 0 Å². The minimum Gasteiger partial charge on any atom is -0.356 e. The second-order valence-corrected chi connectivity index (χ2v) is 5.24. The fourth-order valence-corrected chi connectivity index (χ4v) is 1.47. The minimum absolute atomic E-state index is 0.377. The van der Waals surface area contributed by atoms with Crippen LogP contribution in [-0.2, 0) is 6.54 Å². The fourth-order valence-electron chi connectivity index (χ4n) is 1.47. The molecule has 1 N–H and O–H groups in total. The summed E-state index contributed by atoms with van der Waals surface area (Å²) in [7, 11) is 0. The van der Waals surface area contributed by atoms with Crippen molar-refractivity contribution >= 4 is 5.95 Å². The van der Waals surface area contributed by atoms with Gasteiger partial charge in [0, 0.05) is 19.3 Å². The van der Waals surface area contributed by atoms with Crippen molar-refractivity contribution < 1.29 is 0 Å². The molecule has 1 aromatic heterocycles. The van der Waals surface area contributed by atoms with Gasteiger partial charge in [-0.25, -0.2) is 4.98 Å². The summed E-state index contributed by atoms with van der Waals surface area (Å²) in [5.74, 6) is 0.999. The van der Waals surface area contributed by atoms with E-state index in [0.717, 1.165) is 24.7 Å². The molecular formula is C12H23N3. The molecule has 0 fully saturated rings. The molecule has 0 bridgehead atoms. The summed E-state index contributed by atoms with van der Waals surface area (Å²) in [5.41, 5.74) is 1.46. The summed E-state index contributed by atoms with van der Waals surface area (Å²) < 4.78 is 2.21. The van der Waals surface area contributed by atoms with E-state index in [-0.39, 0.29) is 0 Å². The van der Waals surface area contributed by atoms with Crippen LogP contribution < -0.4 is 5.32 Å². The van der Waals surface area contributed by atoms with E-state index >= 15 is 0 Å². The smallest absolute Gasteiger partial charge is 0.203 e. The first-order chi connectivity index (χ1) is 6.92. The lowest BCUT2D eigenvalue weighted by molar-refractivity contribution is 0.351. The van der Waals surface area contributed by atoms with Crippen molar-refractivity contribution in [3.05, 3.63) is 11.9 Å². The van der Waals surface area contributed by atoms with E-state index in [0.29, 0.717) is 5.41 Å². The van der Waals surface area contributed by atoms with Gasteiger partial charge in [0.15, 0.2) is 0 Å². The number of anilines is 1. The van der Waals surface area contributed by atoms with E-state index in [4.69, 9.17) is 0 Å². The van der Waals surface area contributed by atoms with E-state index in [1.165, 1.54) is 6.42 Å². The molecule has 0 aliphatic carbocycles. The maximum Gasteiger partial charge on any atom is 0.203 e. The van der Waals surface area contributed by atoms with Crippen LogP contribution in [0.5, 0.6) is 0 Å². The van der Waals surface area contributed by atoms with Crippen LogP contribution in [0.2, 0.25) is 0 Å². The number of aromatic nitrogens is 2. The summed E-state index contributed by atoms with van der Waals surface area (Å²) >= 11 is 0. The predicted octanol–water partition coefficient (Wildman–Crippen LogP) is 3.06. The third kappa shape index (κ3) is 3.94. The number of hydrogen-bond donors (Lipinski definition) is 1. The Morgan fingerprint density at radius 2 is 2.07 bits per heavy atom. The molecule has 0 amide bonds. The van der Waals surface area contributed by atoms with Gasteiger partial charge in [-0.3, -0.25) is 0 Å². The van der Waals surface area contributed by atoms with Crippen LogP contribution in [0, 0.1) is 12.3 Å². The number of aryl methyl sites for hydroxylation is 2. The number of rotatable bonds is 4. The molecule has 0 saturated heterocycles. The van der Waals surface area contributed by atoms with Crippen LogP contribution in [0.25, 0.3) is 0 Å². The van der Waals surface area contributed by atoms with Crippen LogP contribution in [0.4, 0.5) is 5.95 Å². The van der Waals surface area contributed by atoms with Crippen LogP contribution in [0.15, 0.2) is 6.20 Å². The number of nitrogens with one attached hydrogen (secondary N) is 1. The lowest BCUT2D eigenvalue weighted by atomic mass is 9.92. The van der Waals surface area contributed by atoms with Gasteiger partial charge in [-0.2, -0.15) is 0 Å². The highest BCUT2D eigenvalue weighted by atomic mass is 15.2. The first-order valence-electron chi connectivity index (χ1n) is 5.70. The van der Waals surface area contributed by atoms with Gasteiger partial charge in [0.2, 0.25) is 5.95 Å². The van der Waals surface area contributed by atoms with E-state index in [1.807, 2.05) is 6.92 Å². The lowest BCUT2D eigenvalue weighted by Crippen LogP contribution is -2.12. The van der Waals surface area contributed by atoms with Crippen molar-refractivity contribution in [2.45, 2.75) is 47.6 Å². The molecule has 0 saturated carbocycles. The zero-order valence-corrected chi connectivity index (χ0v) is 10.6. The van der Waals surface area contributed by atoms with E-state index in [2.05, 4.69) is 48.8 Å². The van der Waals surface area contributed by atoms with Gasteiger partial charge < -0.3 is 9.88 Å². The molecule has 3 heteroatoms. The largest absolute Gasteiger partial charge is 0.356 e. The lowest BCUT2D eigenvalue weighted by Gasteiger charge is -2.19. The third-order valence-electron chi connectivity index (χ3n) is 2.33. The zero-order chi connectivity index (χ0) is 11.5. The number of imidazole rings is 1. The fraction of sp³-hybridized carbons (Fsp3) is 0.750. The molecule has 3 nitrogen and oxygen atoms in total. The molecule has 1 rings (SSSR count). The molecule has 0 aliphatic rings. The average molecular weight is 209 g/mol. The normalized spacial score (nSPS) is 11.8. The van der Waals surface area contributed by atoms with Crippen molar-refractivity contribution in [3.8, 4) is 0 Å². The topological polar surface area (TPSA) is 29.9 Å². The molecule has 15 heavy (non-hydrogen) atoms. The highest BCUT2D eigenvalue weighted by Crippen LogP contribution is 2.21. The van der Waals surface area contributed by atoms with Gasteiger partial charge in [-0.05, 0) is 25.7 Å². The van der Waals surface area contributed by atoms with Gasteiger partial charge in [-0.1, -0.05) is 20.8 Å². The standard InChI is InChI=1S/C12H23N3/c1-6-13-11-14-10(2)9-15(11)8-7-12(3,4)5/h9H,6-8H2,1-5H3,(H,13,14). The molecule has 0 aliphatic heterocycles. The third-order valence-corrected chi connectivity index (χ3v) is 2.33. The van der Waals surface area contributed by atoms with Crippen molar-refractivity contribution in [1.82, 2.24) is 9.55 Å². The molecule has 0 unspecified atom stereocenters. The van der Waals surface area contributed by atoms with Crippen LogP contribution >= 0.6 is 0 Å². The maximum atomic E-state index is 4.45. The summed E-state index contributed by atoms with van der Waals surface area (Å²) in [4.78, 5) is 4.45. The Morgan fingerprint density at radius 3 is 2.60 bits per heavy atom. The quantitative estimate of drug-likeness (QED) is 0.826. The Bertz CT molecular complexity index is 307. The van der Waals surface area contributed by atoms with Gasteiger partial charge in [0.25, 0.3) is 0 Å². The second-order valence-electron chi connectivity index (χ2n) is 5.24. The monoisotopic (exact) mass is 209 g/mol. The van der Waals surface area contributed by atoms with Crippen molar-refractivity contribution in [3.63, 3.8) is 0 Å². The highest BCUT2D eigenvalue weighted by molar-refractivity contribution is 5.28. The molecule has 1 heterocycles. The Kier molecular flexibility index (Phi) is 3.77. The van der Waals surface area contributed by atoms with E-state index in [9.17, 15) is 0 Å². The van der Waals surface area contributed by atoms with Crippen molar-refractivity contribution in [2.75, 3.05) is 11.9 Å². The number of hydrogen-bond acceptors (Lipinski definition) is 2. The molecule has 0 aromatic carbocycles. The minimum atomic E-state index is 0.377. The summed E-state index contributed by atoms with van der Waals surface area (Å²) in [6.45, 7) is 12.9. The molecule has 0 atom stereocenters. The van der Waals surface area contributed by atoms with E-state index < -0.39 is 0 Å². The first-order valence-corrected chi connectivity index (χ1v) is 5.70. The second kappa shape index (κ2) is 4.69. The Balaban J connectivity index is 2.67. The Morgan fingerprint density at radius 1 is 1.40 bits per heavy atom. The highest BCUT2D eigenvalue weighted by Gasteiger charge is 2.12. The van der Waals surface area contributed by atoms with Gasteiger partial charge in [0.1, 0.15) is 0 Å².